The zero-order valence-electron chi connectivity index (χ0n) is 22.1. The molecule has 0 aliphatic carbocycles. The average Bonchev–Trinajstić information content (AvgIpc) is 3.12. The van der Waals surface area contributed by atoms with Gasteiger partial charge in [0, 0.05) is 31.6 Å². The molecular weight excluding hydrogens is 436 g/mol. The number of pyridine rings is 1. The van der Waals surface area contributed by atoms with Crippen LogP contribution in [0, 0.1) is 20.8 Å². The van der Waals surface area contributed by atoms with Crippen molar-refractivity contribution in [3.8, 4) is 0 Å². The highest BCUT2D eigenvalue weighted by Gasteiger charge is 2.27. The molecule has 2 aliphatic rings. The number of hydrogen-bond acceptors (Lipinski definition) is 5. The summed E-state index contributed by atoms with van der Waals surface area (Å²) in [5.41, 5.74) is 9.41. The standard InChI is InChI=1S/C29H37N4O2/c1-18-14-23-25(15-19(18)2)33(6)28(31-23)11-9-8-10-26(34)22-16-20(3)30-24(17-22)29-21(4)32(5)13-12-27(29)35-7/h11,14-17,31H,8-10,12-13H2,1-7H3/q+1/b28-11-. The van der Waals surface area contributed by atoms with Crippen molar-refractivity contribution >= 4 is 28.4 Å². The van der Waals surface area contributed by atoms with Crippen molar-refractivity contribution in [3.63, 3.8) is 0 Å². The summed E-state index contributed by atoms with van der Waals surface area (Å²) < 4.78 is 7.90. The molecule has 0 saturated heterocycles. The number of aryl methyl sites for hydroxylation is 3. The van der Waals surface area contributed by atoms with Crippen molar-refractivity contribution < 1.29 is 14.1 Å². The molecule has 1 N–H and O–H groups in total. The molecule has 3 heterocycles. The lowest BCUT2D eigenvalue weighted by Gasteiger charge is -2.18. The van der Waals surface area contributed by atoms with Gasteiger partial charge in [0.15, 0.2) is 11.5 Å². The van der Waals surface area contributed by atoms with Crippen LogP contribution < -0.4 is 10.2 Å². The molecule has 0 bridgehead atoms. The van der Waals surface area contributed by atoms with Gasteiger partial charge < -0.3 is 15.0 Å². The van der Waals surface area contributed by atoms with E-state index in [1.54, 1.807) is 7.11 Å². The number of methoxy groups -OCH3 is 1. The minimum absolute atomic E-state index is 0.152. The highest BCUT2D eigenvalue weighted by Crippen LogP contribution is 2.37. The van der Waals surface area contributed by atoms with Gasteiger partial charge in [0.25, 0.3) is 0 Å². The Balaban J connectivity index is 1.44. The molecule has 6 heteroatoms. The fourth-order valence-electron chi connectivity index (χ4n) is 4.81. The van der Waals surface area contributed by atoms with Gasteiger partial charge in [-0.2, -0.15) is 0 Å². The van der Waals surface area contributed by atoms with Gasteiger partial charge in [-0.15, -0.1) is 0 Å². The summed E-state index contributed by atoms with van der Waals surface area (Å²) in [6.45, 7) is 9.22. The lowest BCUT2D eigenvalue weighted by atomic mass is 9.97. The quantitative estimate of drug-likeness (QED) is 0.321. The molecule has 35 heavy (non-hydrogen) atoms. The fourth-order valence-corrected chi connectivity index (χ4v) is 4.81. The number of nitrogens with one attached hydrogen (secondary N) is 1. The smallest absolute Gasteiger partial charge is 0.185 e. The summed E-state index contributed by atoms with van der Waals surface area (Å²) in [5.74, 6) is 2.16. The molecule has 6 nitrogen and oxygen atoms in total. The largest absolute Gasteiger partial charge is 0.500 e. The number of fused-ring (bicyclic) bond motifs is 1. The highest BCUT2D eigenvalue weighted by molar-refractivity contribution is 6.20. The van der Waals surface area contributed by atoms with Crippen molar-refractivity contribution in [1.29, 1.82) is 0 Å². The predicted molar refractivity (Wildman–Crippen MR) is 143 cm³/mol. The SMILES string of the molecule is COC1=C(c2cc(C(=O)CCC/C=C3/Nc4cc(C)c(C)cc4N3C)cc(C)n2)C(C)=[N+](C)CC1. The molecule has 184 valence electrons. The molecule has 4 rings (SSSR count). The van der Waals surface area contributed by atoms with E-state index in [4.69, 9.17) is 9.72 Å². The lowest BCUT2D eigenvalue weighted by Crippen LogP contribution is -2.25. The van der Waals surface area contributed by atoms with E-state index in [0.29, 0.717) is 6.42 Å². The highest BCUT2D eigenvalue weighted by atomic mass is 16.5. The Bertz CT molecular complexity index is 1270. The number of benzene rings is 1. The molecule has 0 fully saturated rings. The van der Waals surface area contributed by atoms with Gasteiger partial charge >= 0.3 is 0 Å². The van der Waals surface area contributed by atoms with Crippen molar-refractivity contribution in [2.24, 2.45) is 0 Å². The molecule has 0 amide bonds. The van der Waals surface area contributed by atoms with Crippen molar-refractivity contribution in [3.05, 3.63) is 70.0 Å². The topological polar surface area (TPSA) is 57.5 Å². The van der Waals surface area contributed by atoms with Gasteiger partial charge in [0.2, 0.25) is 0 Å². The minimum atomic E-state index is 0.152. The Labute approximate surface area is 209 Å². The van der Waals surface area contributed by atoms with Gasteiger partial charge in [-0.25, -0.2) is 4.58 Å². The Hall–Kier alpha value is -3.41. The van der Waals surface area contributed by atoms with E-state index in [2.05, 4.69) is 67.9 Å². The molecule has 2 aliphatic heterocycles. The number of ether oxygens (including phenoxy) is 1. The van der Waals surface area contributed by atoms with Crippen LogP contribution in [0.5, 0.6) is 0 Å². The molecule has 2 aromatic rings. The fraction of sp³-hybridized carbons (Fsp3) is 0.414. The van der Waals surface area contributed by atoms with Crippen LogP contribution in [0.25, 0.3) is 5.57 Å². The number of carbonyl (C=O) groups excluding carboxylic acids is 1. The zero-order chi connectivity index (χ0) is 25.3. The Kier molecular flexibility index (Phi) is 7.10. The first kappa shape index (κ1) is 24.7. The zero-order valence-corrected chi connectivity index (χ0v) is 22.1. The Morgan fingerprint density at radius 2 is 1.91 bits per heavy atom. The first-order valence-electron chi connectivity index (χ1n) is 12.4. The third kappa shape index (κ3) is 5.02. The monoisotopic (exact) mass is 473 g/mol. The molecule has 1 aromatic heterocycles. The summed E-state index contributed by atoms with van der Waals surface area (Å²) in [5, 5.41) is 3.51. The van der Waals surface area contributed by atoms with Crippen LogP contribution in [-0.2, 0) is 4.74 Å². The summed E-state index contributed by atoms with van der Waals surface area (Å²) in [4.78, 5) is 20.0. The van der Waals surface area contributed by atoms with Gasteiger partial charge in [0.05, 0.1) is 30.6 Å². The second-order valence-corrected chi connectivity index (χ2v) is 9.68. The summed E-state index contributed by atoms with van der Waals surface area (Å²) in [6, 6.07) is 8.24. The summed E-state index contributed by atoms with van der Waals surface area (Å²) in [7, 11) is 5.87. The number of allylic oxidation sites excluding steroid dienone is 2. The molecule has 0 radical (unpaired) electrons. The summed E-state index contributed by atoms with van der Waals surface area (Å²) >= 11 is 0. The number of Topliss-reactive ketones (excluding diaryl/α,β-unsaturated/α-hetero) is 1. The van der Waals surface area contributed by atoms with E-state index in [0.717, 1.165) is 71.3 Å². The van der Waals surface area contributed by atoms with E-state index < -0.39 is 0 Å². The number of anilines is 2. The van der Waals surface area contributed by atoms with Gasteiger partial charge in [-0.1, -0.05) is 0 Å². The maximum absolute atomic E-state index is 13.1. The summed E-state index contributed by atoms with van der Waals surface area (Å²) in [6.07, 6.45) is 5.15. The second kappa shape index (κ2) is 10.1. The van der Waals surface area contributed by atoms with Gasteiger partial charge in [0.1, 0.15) is 30.7 Å². The third-order valence-electron chi connectivity index (χ3n) is 7.21. The second-order valence-electron chi connectivity index (χ2n) is 9.68. The molecule has 0 spiro atoms. The average molecular weight is 474 g/mol. The van der Waals surface area contributed by atoms with Gasteiger partial charge in [-0.3, -0.25) is 9.78 Å². The van der Waals surface area contributed by atoms with E-state index in [-0.39, 0.29) is 5.78 Å². The van der Waals surface area contributed by atoms with Crippen molar-refractivity contribution in [2.75, 3.05) is 38.0 Å². The molecule has 0 unspecified atom stereocenters. The number of carbonyl (C=O) groups is 1. The van der Waals surface area contributed by atoms with E-state index >= 15 is 0 Å². The van der Waals surface area contributed by atoms with Crippen LogP contribution in [-0.4, -0.2) is 48.8 Å². The van der Waals surface area contributed by atoms with Crippen LogP contribution in [0.3, 0.4) is 0 Å². The third-order valence-corrected chi connectivity index (χ3v) is 7.21. The number of unbranched alkanes of at least 4 members (excludes halogenated alkanes) is 1. The first-order chi connectivity index (χ1) is 16.7. The number of aromatic nitrogens is 1. The number of rotatable bonds is 7. The normalized spacial score (nSPS) is 16.7. The maximum Gasteiger partial charge on any atom is 0.185 e. The predicted octanol–water partition coefficient (Wildman–Crippen LogP) is 5.63. The Morgan fingerprint density at radius 3 is 2.66 bits per heavy atom. The minimum Gasteiger partial charge on any atom is -0.500 e. The van der Waals surface area contributed by atoms with E-state index in [1.807, 2.05) is 19.1 Å². The van der Waals surface area contributed by atoms with Crippen LogP contribution in [0.1, 0.15) is 65.5 Å². The molecular formula is C29H37N4O2+. The molecule has 0 saturated carbocycles. The van der Waals surface area contributed by atoms with Crippen LogP contribution in [0.15, 0.2) is 41.9 Å². The number of hydrogen-bond donors (Lipinski definition) is 1. The molecule has 0 atom stereocenters. The van der Waals surface area contributed by atoms with Gasteiger partial charge in [-0.05, 0) is 75.1 Å². The number of nitrogens with zero attached hydrogens (tertiary/aromatic N) is 3. The maximum atomic E-state index is 13.1. The van der Waals surface area contributed by atoms with Crippen LogP contribution in [0.4, 0.5) is 11.4 Å². The Morgan fingerprint density at radius 1 is 1.17 bits per heavy atom. The number of ketones is 1. The lowest BCUT2D eigenvalue weighted by molar-refractivity contribution is -0.497. The van der Waals surface area contributed by atoms with Crippen molar-refractivity contribution in [2.45, 2.75) is 53.4 Å². The first-order valence-corrected chi connectivity index (χ1v) is 12.4. The van der Waals surface area contributed by atoms with E-state index in [1.165, 1.54) is 16.8 Å². The van der Waals surface area contributed by atoms with Crippen molar-refractivity contribution in [1.82, 2.24) is 4.98 Å². The van der Waals surface area contributed by atoms with E-state index in [9.17, 15) is 4.79 Å². The van der Waals surface area contributed by atoms with Crippen LogP contribution >= 0.6 is 0 Å². The van der Waals surface area contributed by atoms with Crippen LogP contribution in [0.2, 0.25) is 0 Å². The molecule has 1 aromatic carbocycles.